The molecule has 1 aromatic heterocycles. The maximum Gasteiger partial charge on any atom is 0.242 e. The van der Waals surface area contributed by atoms with Gasteiger partial charge in [-0.2, -0.15) is 0 Å². The standard InChI is InChI=1S/C31H36N2O3S/c1-22(2)25-10-12-26(13-11-25)36-21-28-27-15-17-37-29(27)14-16-33(28)31(35)20-32(19-24-8-9-24)30(34)18-23-6-4-3-5-7-23/h3-7,10-13,15,17,22,24,28H,8-9,14,16,18-21H2,1-2H3/t28-/m1/s1. The third-order valence-electron chi connectivity index (χ3n) is 7.42. The Balaban J connectivity index is 1.29. The van der Waals surface area contributed by atoms with E-state index < -0.39 is 0 Å². The molecule has 0 saturated heterocycles. The summed E-state index contributed by atoms with van der Waals surface area (Å²) in [7, 11) is 0. The number of fused-ring (bicyclic) bond motifs is 1. The number of carbonyl (C=O) groups excluding carboxylic acids is 2. The molecule has 1 atom stereocenters. The second-order valence-corrected chi connectivity index (χ2v) is 11.6. The molecule has 2 aromatic carbocycles. The topological polar surface area (TPSA) is 49.9 Å². The zero-order valence-corrected chi connectivity index (χ0v) is 22.6. The number of benzene rings is 2. The van der Waals surface area contributed by atoms with Gasteiger partial charge in [-0.3, -0.25) is 9.59 Å². The first-order valence-electron chi connectivity index (χ1n) is 13.4. The maximum atomic E-state index is 13.7. The molecule has 0 unspecified atom stereocenters. The van der Waals surface area contributed by atoms with E-state index in [-0.39, 0.29) is 24.4 Å². The van der Waals surface area contributed by atoms with E-state index in [0.29, 0.717) is 38.0 Å². The lowest BCUT2D eigenvalue weighted by Gasteiger charge is -2.37. The summed E-state index contributed by atoms with van der Waals surface area (Å²) >= 11 is 1.75. The largest absolute Gasteiger partial charge is 0.491 e. The van der Waals surface area contributed by atoms with Crippen molar-refractivity contribution in [2.75, 3.05) is 26.2 Å². The summed E-state index contributed by atoms with van der Waals surface area (Å²) in [6, 6.07) is 20.0. The zero-order valence-electron chi connectivity index (χ0n) is 21.8. The number of hydrogen-bond donors (Lipinski definition) is 0. The highest BCUT2D eigenvalue weighted by atomic mass is 32.1. The van der Waals surface area contributed by atoms with E-state index in [2.05, 4.69) is 37.4 Å². The van der Waals surface area contributed by atoms with Crippen LogP contribution < -0.4 is 4.74 Å². The van der Waals surface area contributed by atoms with Crippen molar-refractivity contribution in [3.8, 4) is 5.75 Å². The molecule has 2 aliphatic rings. The SMILES string of the molecule is CC(C)c1ccc(OC[C@@H]2c3ccsc3CCN2C(=O)CN(CC2CC2)C(=O)Cc2ccccc2)cc1. The Kier molecular flexibility index (Phi) is 7.94. The average molecular weight is 517 g/mol. The molecule has 0 radical (unpaired) electrons. The van der Waals surface area contributed by atoms with E-state index in [1.54, 1.807) is 16.2 Å². The lowest BCUT2D eigenvalue weighted by Crippen LogP contribution is -2.48. The van der Waals surface area contributed by atoms with Gasteiger partial charge in [-0.1, -0.05) is 56.3 Å². The number of thiophene rings is 1. The van der Waals surface area contributed by atoms with Crippen LogP contribution in [-0.4, -0.2) is 47.9 Å². The third kappa shape index (κ3) is 6.42. The van der Waals surface area contributed by atoms with Gasteiger partial charge in [-0.15, -0.1) is 11.3 Å². The Hall–Kier alpha value is -3.12. The summed E-state index contributed by atoms with van der Waals surface area (Å²) in [6.07, 6.45) is 3.45. The molecule has 2 heterocycles. The minimum atomic E-state index is -0.153. The van der Waals surface area contributed by atoms with E-state index >= 15 is 0 Å². The van der Waals surface area contributed by atoms with Gasteiger partial charge in [0.15, 0.2) is 0 Å². The fourth-order valence-corrected chi connectivity index (χ4v) is 5.93. The van der Waals surface area contributed by atoms with Crippen molar-refractivity contribution in [1.82, 2.24) is 9.80 Å². The van der Waals surface area contributed by atoms with Crippen molar-refractivity contribution in [2.45, 2.75) is 51.5 Å². The van der Waals surface area contributed by atoms with Gasteiger partial charge >= 0.3 is 0 Å². The molecule has 0 N–H and O–H groups in total. The minimum absolute atomic E-state index is 0.00247. The molecule has 6 heteroatoms. The van der Waals surface area contributed by atoms with Gasteiger partial charge in [0.1, 0.15) is 12.4 Å². The summed E-state index contributed by atoms with van der Waals surface area (Å²) in [6.45, 7) is 6.20. The molecular weight excluding hydrogens is 480 g/mol. The molecular formula is C31H36N2O3S. The van der Waals surface area contributed by atoms with Crippen LogP contribution in [0.25, 0.3) is 0 Å². The predicted molar refractivity (Wildman–Crippen MR) is 148 cm³/mol. The molecule has 5 rings (SSSR count). The lowest BCUT2D eigenvalue weighted by molar-refractivity contribution is -0.142. The van der Waals surface area contributed by atoms with Crippen molar-refractivity contribution < 1.29 is 14.3 Å². The van der Waals surface area contributed by atoms with E-state index in [4.69, 9.17) is 4.74 Å². The van der Waals surface area contributed by atoms with Gasteiger partial charge in [0.05, 0.1) is 19.0 Å². The van der Waals surface area contributed by atoms with Gasteiger partial charge in [0.2, 0.25) is 11.8 Å². The quantitative estimate of drug-likeness (QED) is 0.339. The van der Waals surface area contributed by atoms with Crippen LogP contribution in [0.2, 0.25) is 0 Å². The number of amides is 2. The van der Waals surface area contributed by atoms with Crippen LogP contribution in [-0.2, 0) is 22.4 Å². The first-order chi connectivity index (χ1) is 18.0. The molecule has 0 spiro atoms. The van der Waals surface area contributed by atoms with Crippen LogP contribution in [0.4, 0.5) is 0 Å². The van der Waals surface area contributed by atoms with Crippen molar-refractivity contribution in [1.29, 1.82) is 0 Å². The number of nitrogens with zero attached hydrogens (tertiary/aromatic N) is 2. The van der Waals surface area contributed by atoms with Crippen LogP contribution in [0.15, 0.2) is 66.0 Å². The highest BCUT2D eigenvalue weighted by Crippen LogP contribution is 2.35. The number of rotatable bonds is 10. The highest BCUT2D eigenvalue weighted by molar-refractivity contribution is 7.10. The molecule has 1 aliphatic heterocycles. The summed E-state index contributed by atoms with van der Waals surface area (Å²) in [5.74, 6) is 1.83. The van der Waals surface area contributed by atoms with Gasteiger partial charge in [0.25, 0.3) is 0 Å². The van der Waals surface area contributed by atoms with E-state index in [9.17, 15) is 9.59 Å². The lowest BCUT2D eigenvalue weighted by atomic mass is 10.00. The summed E-state index contributed by atoms with van der Waals surface area (Å²) in [5, 5.41) is 2.10. The van der Waals surface area contributed by atoms with Crippen LogP contribution >= 0.6 is 11.3 Å². The fourth-order valence-electron chi connectivity index (χ4n) is 5.00. The van der Waals surface area contributed by atoms with E-state index in [0.717, 1.165) is 30.6 Å². The fraction of sp³-hybridized carbons (Fsp3) is 0.419. The molecule has 1 fully saturated rings. The van der Waals surface area contributed by atoms with E-state index in [1.165, 1.54) is 16.0 Å². The third-order valence-corrected chi connectivity index (χ3v) is 8.42. The van der Waals surface area contributed by atoms with Crippen LogP contribution in [0.1, 0.15) is 60.2 Å². The van der Waals surface area contributed by atoms with E-state index in [1.807, 2.05) is 47.4 Å². The first kappa shape index (κ1) is 25.5. The smallest absolute Gasteiger partial charge is 0.242 e. The Labute approximate surface area is 224 Å². The minimum Gasteiger partial charge on any atom is -0.491 e. The number of carbonyl (C=O) groups is 2. The maximum absolute atomic E-state index is 13.7. The molecule has 1 saturated carbocycles. The van der Waals surface area contributed by atoms with Crippen LogP contribution in [0.5, 0.6) is 5.75 Å². The van der Waals surface area contributed by atoms with Crippen LogP contribution in [0.3, 0.4) is 0 Å². The molecule has 37 heavy (non-hydrogen) atoms. The van der Waals surface area contributed by atoms with Gasteiger partial charge < -0.3 is 14.5 Å². The Bertz CT molecular complexity index is 1200. The Morgan fingerprint density at radius 3 is 2.51 bits per heavy atom. The zero-order chi connectivity index (χ0) is 25.8. The monoisotopic (exact) mass is 516 g/mol. The molecule has 2 amide bonds. The molecule has 0 bridgehead atoms. The van der Waals surface area contributed by atoms with Crippen LogP contribution in [0, 0.1) is 5.92 Å². The second-order valence-electron chi connectivity index (χ2n) is 10.6. The van der Waals surface area contributed by atoms with Crippen molar-refractivity contribution in [3.63, 3.8) is 0 Å². The molecule has 1 aliphatic carbocycles. The number of hydrogen-bond acceptors (Lipinski definition) is 4. The normalized spacial score (nSPS) is 16.9. The van der Waals surface area contributed by atoms with Gasteiger partial charge in [0, 0.05) is 18.0 Å². The van der Waals surface area contributed by atoms with Crippen molar-refractivity contribution in [3.05, 3.63) is 87.6 Å². The summed E-state index contributed by atoms with van der Waals surface area (Å²) in [4.78, 5) is 32.0. The molecule has 194 valence electrons. The number of ether oxygens (including phenoxy) is 1. The molecule has 5 nitrogen and oxygen atoms in total. The molecule has 3 aromatic rings. The average Bonchev–Trinajstić information content (AvgIpc) is 3.59. The summed E-state index contributed by atoms with van der Waals surface area (Å²) in [5.41, 5.74) is 3.43. The van der Waals surface area contributed by atoms with Gasteiger partial charge in [-0.25, -0.2) is 0 Å². The van der Waals surface area contributed by atoms with Crippen molar-refractivity contribution >= 4 is 23.2 Å². The predicted octanol–water partition coefficient (Wildman–Crippen LogP) is 5.86. The first-order valence-corrected chi connectivity index (χ1v) is 14.3. The van der Waals surface area contributed by atoms with Crippen molar-refractivity contribution in [2.24, 2.45) is 5.92 Å². The highest BCUT2D eigenvalue weighted by Gasteiger charge is 2.35. The second kappa shape index (κ2) is 11.5. The Morgan fingerprint density at radius 1 is 1.05 bits per heavy atom. The van der Waals surface area contributed by atoms with Gasteiger partial charge in [-0.05, 0) is 71.4 Å². The summed E-state index contributed by atoms with van der Waals surface area (Å²) < 4.78 is 6.22. The Morgan fingerprint density at radius 2 is 1.81 bits per heavy atom.